The monoisotopic (exact) mass is 322 g/mol. The van der Waals surface area contributed by atoms with Gasteiger partial charge in [-0.1, -0.05) is 27.2 Å². The van der Waals surface area contributed by atoms with E-state index in [1.165, 1.54) is 19.3 Å². The molecule has 4 heteroatoms. The van der Waals surface area contributed by atoms with Crippen LogP contribution >= 0.6 is 0 Å². The Hall–Kier alpha value is -0.610. The van der Waals surface area contributed by atoms with Crippen molar-refractivity contribution in [2.75, 3.05) is 39.5 Å². The molecular formula is C19H34N2O2. The summed E-state index contributed by atoms with van der Waals surface area (Å²) in [5, 5.41) is 0. The molecule has 5 atom stereocenters. The van der Waals surface area contributed by atoms with Gasteiger partial charge in [-0.15, -0.1) is 0 Å². The molecule has 2 heterocycles. The Morgan fingerprint density at radius 1 is 1.13 bits per heavy atom. The number of amides is 1. The third-order valence-electron chi connectivity index (χ3n) is 6.50. The quantitative estimate of drug-likeness (QED) is 0.705. The van der Waals surface area contributed by atoms with E-state index in [0.29, 0.717) is 11.8 Å². The van der Waals surface area contributed by atoms with Crippen LogP contribution < -0.4 is 0 Å². The van der Waals surface area contributed by atoms with Gasteiger partial charge < -0.3 is 9.64 Å². The highest BCUT2D eigenvalue weighted by atomic mass is 16.5. The van der Waals surface area contributed by atoms with Crippen LogP contribution in [-0.4, -0.2) is 55.7 Å². The topological polar surface area (TPSA) is 32.8 Å². The first-order chi connectivity index (χ1) is 11.1. The minimum absolute atomic E-state index is 0.668. The van der Waals surface area contributed by atoms with Gasteiger partial charge in [0, 0.05) is 26.2 Å². The number of rotatable bonds is 6. The van der Waals surface area contributed by atoms with E-state index in [9.17, 15) is 4.79 Å². The minimum atomic E-state index is 0.668. The average Bonchev–Trinajstić information content (AvgIpc) is 3.04. The summed E-state index contributed by atoms with van der Waals surface area (Å²) in [7, 11) is 0. The summed E-state index contributed by atoms with van der Waals surface area (Å²) in [6.07, 6.45) is 5.11. The maximum Gasteiger partial charge on any atom is 0.209 e. The SMILES string of the molecule is CC1CCC(C(C)C)C(COCN2CC3CN(C=O)CC3C2)C1. The van der Waals surface area contributed by atoms with Crippen LogP contribution in [0, 0.1) is 35.5 Å². The first-order valence-electron chi connectivity index (χ1n) is 9.56. The van der Waals surface area contributed by atoms with E-state index in [0.717, 1.165) is 69.6 Å². The van der Waals surface area contributed by atoms with Crippen molar-refractivity contribution in [2.24, 2.45) is 35.5 Å². The van der Waals surface area contributed by atoms with Crippen molar-refractivity contribution < 1.29 is 9.53 Å². The average molecular weight is 322 g/mol. The molecule has 0 bridgehead atoms. The lowest BCUT2D eigenvalue weighted by molar-refractivity contribution is -0.117. The Labute approximate surface area is 141 Å². The summed E-state index contributed by atoms with van der Waals surface area (Å²) in [6.45, 7) is 12.9. The number of nitrogens with zero attached hydrogens (tertiary/aromatic N) is 2. The molecule has 2 aliphatic heterocycles. The molecule has 1 amide bonds. The zero-order chi connectivity index (χ0) is 16.4. The van der Waals surface area contributed by atoms with Gasteiger partial charge in [-0.2, -0.15) is 0 Å². The second-order valence-corrected chi connectivity index (χ2v) is 8.70. The molecule has 0 spiro atoms. The lowest BCUT2D eigenvalue weighted by atomic mass is 9.70. The second kappa shape index (κ2) is 7.52. The van der Waals surface area contributed by atoms with Crippen LogP contribution in [0.4, 0.5) is 0 Å². The van der Waals surface area contributed by atoms with Crippen molar-refractivity contribution in [3.63, 3.8) is 0 Å². The van der Waals surface area contributed by atoms with Gasteiger partial charge in [0.05, 0.1) is 13.3 Å². The molecule has 0 aromatic heterocycles. The number of carbonyl (C=O) groups is 1. The van der Waals surface area contributed by atoms with Crippen LogP contribution in [0.3, 0.4) is 0 Å². The third kappa shape index (κ3) is 4.08. The summed E-state index contributed by atoms with van der Waals surface area (Å²) in [6, 6.07) is 0. The Morgan fingerprint density at radius 2 is 1.83 bits per heavy atom. The molecule has 4 nitrogen and oxygen atoms in total. The van der Waals surface area contributed by atoms with Gasteiger partial charge in [0.1, 0.15) is 0 Å². The van der Waals surface area contributed by atoms with Crippen molar-refractivity contribution in [3.8, 4) is 0 Å². The number of carbonyl (C=O) groups excluding carboxylic acids is 1. The van der Waals surface area contributed by atoms with E-state index < -0.39 is 0 Å². The van der Waals surface area contributed by atoms with Crippen LogP contribution in [0.2, 0.25) is 0 Å². The maximum absolute atomic E-state index is 10.9. The summed E-state index contributed by atoms with van der Waals surface area (Å²) < 4.78 is 6.15. The van der Waals surface area contributed by atoms with Crippen LogP contribution in [0.5, 0.6) is 0 Å². The molecule has 3 fully saturated rings. The van der Waals surface area contributed by atoms with Crippen molar-refractivity contribution in [1.82, 2.24) is 9.80 Å². The smallest absolute Gasteiger partial charge is 0.209 e. The Morgan fingerprint density at radius 3 is 2.43 bits per heavy atom. The molecule has 5 unspecified atom stereocenters. The van der Waals surface area contributed by atoms with Crippen LogP contribution in [0.15, 0.2) is 0 Å². The minimum Gasteiger partial charge on any atom is -0.366 e. The zero-order valence-corrected chi connectivity index (χ0v) is 15.1. The fraction of sp³-hybridized carbons (Fsp3) is 0.947. The van der Waals surface area contributed by atoms with Crippen LogP contribution in [0.25, 0.3) is 0 Å². The first-order valence-corrected chi connectivity index (χ1v) is 9.56. The highest BCUT2D eigenvalue weighted by molar-refractivity contribution is 5.47. The fourth-order valence-corrected chi connectivity index (χ4v) is 5.24. The molecule has 0 aromatic carbocycles. The number of ether oxygens (including phenoxy) is 1. The summed E-state index contributed by atoms with van der Waals surface area (Å²) in [5.74, 6) is 4.55. The molecule has 1 saturated carbocycles. The van der Waals surface area contributed by atoms with Gasteiger partial charge in [0.25, 0.3) is 0 Å². The van der Waals surface area contributed by atoms with Gasteiger partial charge in [-0.05, 0) is 48.3 Å². The lowest BCUT2D eigenvalue weighted by Gasteiger charge is -2.37. The van der Waals surface area contributed by atoms with Gasteiger partial charge in [0.2, 0.25) is 6.41 Å². The normalized spacial score (nSPS) is 38.3. The van der Waals surface area contributed by atoms with Gasteiger partial charge in [-0.3, -0.25) is 9.69 Å². The molecule has 1 aliphatic carbocycles. The van der Waals surface area contributed by atoms with Crippen molar-refractivity contribution in [3.05, 3.63) is 0 Å². The fourth-order valence-electron chi connectivity index (χ4n) is 5.24. The van der Waals surface area contributed by atoms with Gasteiger partial charge in [-0.25, -0.2) is 0 Å². The maximum atomic E-state index is 10.9. The second-order valence-electron chi connectivity index (χ2n) is 8.70. The highest BCUT2D eigenvalue weighted by Crippen LogP contribution is 2.38. The molecule has 132 valence electrons. The van der Waals surface area contributed by atoms with Crippen LogP contribution in [0.1, 0.15) is 40.0 Å². The largest absolute Gasteiger partial charge is 0.366 e. The van der Waals surface area contributed by atoms with E-state index in [2.05, 4.69) is 25.7 Å². The zero-order valence-electron chi connectivity index (χ0n) is 15.1. The van der Waals surface area contributed by atoms with Crippen molar-refractivity contribution in [2.45, 2.75) is 40.0 Å². The number of fused-ring (bicyclic) bond motifs is 1. The van der Waals surface area contributed by atoms with Crippen molar-refractivity contribution >= 4 is 6.41 Å². The standard InChI is InChI=1S/C19H34N2O2/c1-14(2)19-5-4-15(3)6-16(19)11-23-13-21-9-17-7-20(12-22)8-18(17)10-21/h12,14-19H,4-11,13H2,1-3H3. The van der Waals surface area contributed by atoms with Gasteiger partial charge >= 0.3 is 0 Å². The molecule has 0 N–H and O–H groups in total. The molecule has 0 aromatic rings. The molecular weight excluding hydrogens is 288 g/mol. The number of hydrogen-bond donors (Lipinski definition) is 0. The highest BCUT2D eigenvalue weighted by Gasteiger charge is 2.39. The number of likely N-dealkylation sites (tertiary alicyclic amines) is 2. The summed E-state index contributed by atoms with van der Waals surface area (Å²) in [4.78, 5) is 15.3. The molecule has 3 aliphatic rings. The van der Waals surface area contributed by atoms with E-state index in [1.807, 2.05) is 4.90 Å². The summed E-state index contributed by atoms with van der Waals surface area (Å²) in [5.41, 5.74) is 0. The molecule has 2 saturated heterocycles. The molecule has 0 radical (unpaired) electrons. The summed E-state index contributed by atoms with van der Waals surface area (Å²) >= 11 is 0. The predicted molar refractivity (Wildman–Crippen MR) is 91.8 cm³/mol. The molecule has 3 rings (SSSR count). The van der Waals surface area contributed by atoms with Crippen LogP contribution in [-0.2, 0) is 9.53 Å². The van der Waals surface area contributed by atoms with E-state index in [4.69, 9.17) is 4.74 Å². The Balaban J connectivity index is 1.40. The van der Waals surface area contributed by atoms with Gasteiger partial charge in [0.15, 0.2) is 0 Å². The predicted octanol–water partition coefficient (Wildman–Crippen LogP) is 2.69. The number of hydrogen-bond acceptors (Lipinski definition) is 3. The Kier molecular flexibility index (Phi) is 5.63. The van der Waals surface area contributed by atoms with E-state index >= 15 is 0 Å². The van der Waals surface area contributed by atoms with E-state index in [-0.39, 0.29) is 0 Å². The first kappa shape index (κ1) is 17.2. The van der Waals surface area contributed by atoms with Crippen molar-refractivity contribution in [1.29, 1.82) is 0 Å². The lowest BCUT2D eigenvalue weighted by Crippen LogP contribution is -2.34. The van der Waals surface area contributed by atoms with E-state index in [1.54, 1.807) is 0 Å². The molecule has 23 heavy (non-hydrogen) atoms. The third-order valence-corrected chi connectivity index (χ3v) is 6.50. The Bertz CT molecular complexity index is 387.